The Morgan fingerprint density at radius 1 is 0.929 bits per heavy atom. The number of methoxy groups -OCH3 is 2. The maximum Gasteiger partial charge on any atom is 0.337 e. The first-order chi connectivity index (χ1) is 13.7. The molecular formula is C23H20O5. The Labute approximate surface area is 163 Å². The summed E-state index contributed by atoms with van der Waals surface area (Å²) in [5.74, 6) is 0.491. The largest absolute Gasteiger partial charge is 0.495 e. The Hall–Kier alpha value is -3.60. The third-order valence-corrected chi connectivity index (χ3v) is 4.31. The summed E-state index contributed by atoms with van der Waals surface area (Å²) in [5.41, 5.74) is 3.21. The van der Waals surface area contributed by atoms with E-state index in [9.17, 15) is 9.59 Å². The van der Waals surface area contributed by atoms with E-state index in [1.807, 2.05) is 36.4 Å². The molecule has 0 amide bonds. The van der Waals surface area contributed by atoms with Crippen LogP contribution in [0.15, 0.2) is 66.7 Å². The van der Waals surface area contributed by atoms with Crippen LogP contribution >= 0.6 is 0 Å². The second-order valence-corrected chi connectivity index (χ2v) is 6.02. The van der Waals surface area contributed by atoms with Gasteiger partial charge in [0.1, 0.15) is 18.1 Å². The smallest absolute Gasteiger partial charge is 0.337 e. The van der Waals surface area contributed by atoms with Crippen molar-refractivity contribution in [3.05, 3.63) is 83.4 Å². The minimum absolute atomic E-state index is 0.328. The molecule has 0 N–H and O–H groups in total. The summed E-state index contributed by atoms with van der Waals surface area (Å²) >= 11 is 0. The van der Waals surface area contributed by atoms with Gasteiger partial charge < -0.3 is 14.2 Å². The van der Waals surface area contributed by atoms with Crippen molar-refractivity contribution in [3.63, 3.8) is 0 Å². The molecule has 3 aromatic rings. The Kier molecular flexibility index (Phi) is 6.07. The Morgan fingerprint density at radius 2 is 1.71 bits per heavy atom. The number of hydrogen-bond donors (Lipinski definition) is 0. The average molecular weight is 376 g/mol. The summed E-state index contributed by atoms with van der Waals surface area (Å²) in [6.45, 7) is 0.328. The summed E-state index contributed by atoms with van der Waals surface area (Å²) < 4.78 is 16.3. The van der Waals surface area contributed by atoms with Crippen molar-refractivity contribution in [2.45, 2.75) is 6.61 Å². The number of para-hydroxylation sites is 1. The lowest BCUT2D eigenvalue weighted by molar-refractivity contribution is 0.0600. The molecule has 0 heterocycles. The Bertz CT molecular complexity index is 980. The van der Waals surface area contributed by atoms with Crippen LogP contribution in [0.5, 0.6) is 11.5 Å². The van der Waals surface area contributed by atoms with Gasteiger partial charge in [0.05, 0.1) is 25.3 Å². The van der Waals surface area contributed by atoms with Crippen LogP contribution in [0.4, 0.5) is 0 Å². The standard InChI is InChI=1S/C23H20O5/c1-26-22-18(14-24)9-6-10-20(22)19-12-11-17(23(25)27-2)13-21(19)28-15-16-7-4-3-5-8-16/h3-14H,15H2,1-2H3. The van der Waals surface area contributed by atoms with E-state index in [0.29, 0.717) is 40.4 Å². The van der Waals surface area contributed by atoms with Crippen molar-refractivity contribution in [3.8, 4) is 22.6 Å². The van der Waals surface area contributed by atoms with Crippen LogP contribution in [0.25, 0.3) is 11.1 Å². The first-order valence-corrected chi connectivity index (χ1v) is 8.69. The number of esters is 1. The van der Waals surface area contributed by atoms with Gasteiger partial charge in [0, 0.05) is 11.1 Å². The molecule has 0 spiro atoms. The van der Waals surface area contributed by atoms with Gasteiger partial charge >= 0.3 is 5.97 Å². The van der Waals surface area contributed by atoms with E-state index in [2.05, 4.69) is 0 Å². The highest BCUT2D eigenvalue weighted by Crippen LogP contribution is 2.39. The molecule has 0 aliphatic rings. The third-order valence-electron chi connectivity index (χ3n) is 4.31. The second kappa shape index (κ2) is 8.86. The van der Waals surface area contributed by atoms with Gasteiger partial charge in [0.25, 0.3) is 0 Å². The fraction of sp³-hybridized carbons (Fsp3) is 0.130. The highest BCUT2D eigenvalue weighted by Gasteiger charge is 2.17. The van der Waals surface area contributed by atoms with Gasteiger partial charge in [-0.1, -0.05) is 42.5 Å². The minimum atomic E-state index is -0.454. The topological polar surface area (TPSA) is 61.8 Å². The summed E-state index contributed by atoms with van der Waals surface area (Å²) in [7, 11) is 2.84. The average Bonchev–Trinajstić information content (AvgIpc) is 2.77. The van der Waals surface area contributed by atoms with E-state index in [4.69, 9.17) is 14.2 Å². The Balaban J connectivity index is 2.07. The monoisotopic (exact) mass is 376 g/mol. The lowest BCUT2D eigenvalue weighted by Crippen LogP contribution is -2.04. The predicted molar refractivity (Wildman–Crippen MR) is 106 cm³/mol. The minimum Gasteiger partial charge on any atom is -0.495 e. The third kappa shape index (κ3) is 4.04. The Morgan fingerprint density at radius 3 is 2.39 bits per heavy atom. The van der Waals surface area contributed by atoms with E-state index >= 15 is 0 Å². The maximum atomic E-state index is 12.0. The van der Waals surface area contributed by atoms with Crippen LogP contribution in [0, 0.1) is 0 Å². The first kappa shape index (κ1) is 19.2. The quantitative estimate of drug-likeness (QED) is 0.447. The molecule has 0 bridgehead atoms. The highest BCUT2D eigenvalue weighted by molar-refractivity contribution is 5.92. The molecule has 0 aromatic heterocycles. The number of carbonyl (C=O) groups is 2. The number of carbonyl (C=O) groups excluding carboxylic acids is 2. The fourth-order valence-electron chi connectivity index (χ4n) is 2.93. The van der Waals surface area contributed by atoms with Crippen LogP contribution < -0.4 is 9.47 Å². The molecule has 5 heteroatoms. The zero-order valence-corrected chi connectivity index (χ0v) is 15.7. The van der Waals surface area contributed by atoms with Gasteiger partial charge in [-0.15, -0.1) is 0 Å². The molecule has 142 valence electrons. The van der Waals surface area contributed by atoms with Crippen LogP contribution in [-0.4, -0.2) is 26.5 Å². The first-order valence-electron chi connectivity index (χ1n) is 8.69. The lowest BCUT2D eigenvalue weighted by atomic mass is 9.99. The fourth-order valence-corrected chi connectivity index (χ4v) is 2.93. The molecule has 3 aromatic carbocycles. The molecule has 5 nitrogen and oxygen atoms in total. The molecule has 0 aliphatic carbocycles. The van der Waals surface area contributed by atoms with Crippen molar-refractivity contribution >= 4 is 12.3 Å². The van der Waals surface area contributed by atoms with Crippen molar-refractivity contribution < 1.29 is 23.8 Å². The lowest BCUT2D eigenvalue weighted by Gasteiger charge is -2.16. The van der Waals surface area contributed by atoms with Crippen molar-refractivity contribution in [1.29, 1.82) is 0 Å². The molecule has 0 saturated heterocycles. The number of benzene rings is 3. The summed E-state index contributed by atoms with van der Waals surface area (Å²) in [4.78, 5) is 23.3. The number of ether oxygens (including phenoxy) is 3. The van der Waals surface area contributed by atoms with E-state index in [1.54, 1.807) is 30.3 Å². The van der Waals surface area contributed by atoms with Gasteiger partial charge in [-0.3, -0.25) is 4.79 Å². The van der Waals surface area contributed by atoms with E-state index < -0.39 is 5.97 Å². The molecule has 0 radical (unpaired) electrons. The van der Waals surface area contributed by atoms with E-state index in [0.717, 1.165) is 11.8 Å². The van der Waals surface area contributed by atoms with Crippen molar-refractivity contribution in [2.24, 2.45) is 0 Å². The molecule has 0 unspecified atom stereocenters. The van der Waals surface area contributed by atoms with Crippen LogP contribution in [-0.2, 0) is 11.3 Å². The predicted octanol–water partition coefficient (Wildman–Crippen LogP) is 4.54. The van der Waals surface area contributed by atoms with Crippen LogP contribution in [0.3, 0.4) is 0 Å². The maximum absolute atomic E-state index is 12.0. The van der Waals surface area contributed by atoms with Crippen molar-refractivity contribution in [2.75, 3.05) is 14.2 Å². The molecule has 0 aliphatic heterocycles. The molecular weight excluding hydrogens is 356 g/mol. The number of aldehydes is 1. The SMILES string of the molecule is COC(=O)c1ccc(-c2cccc(C=O)c2OC)c(OCc2ccccc2)c1. The normalized spacial score (nSPS) is 10.2. The van der Waals surface area contributed by atoms with Gasteiger partial charge in [-0.05, 0) is 29.8 Å². The van der Waals surface area contributed by atoms with Gasteiger partial charge in [-0.25, -0.2) is 4.79 Å². The summed E-state index contributed by atoms with van der Waals surface area (Å²) in [6.07, 6.45) is 0.746. The summed E-state index contributed by atoms with van der Waals surface area (Å²) in [5, 5.41) is 0. The molecule has 28 heavy (non-hydrogen) atoms. The molecule has 0 atom stereocenters. The zero-order valence-electron chi connectivity index (χ0n) is 15.7. The number of hydrogen-bond acceptors (Lipinski definition) is 5. The number of rotatable bonds is 7. The van der Waals surface area contributed by atoms with Gasteiger partial charge in [0.15, 0.2) is 6.29 Å². The second-order valence-electron chi connectivity index (χ2n) is 6.02. The summed E-state index contributed by atoms with van der Waals surface area (Å²) in [6, 6.07) is 20.1. The molecule has 3 rings (SSSR count). The zero-order chi connectivity index (χ0) is 19.9. The van der Waals surface area contributed by atoms with Crippen molar-refractivity contribution in [1.82, 2.24) is 0 Å². The van der Waals surface area contributed by atoms with Crippen LogP contribution in [0.1, 0.15) is 26.3 Å². The van der Waals surface area contributed by atoms with Gasteiger partial charge in [0.2, 0.25) is 0 Å². The van der Waals surface area contributed by atoms with E-state index in [-0.39, 0.29) is 0 Å². The molecule has 0 saturated carbocycles. The van der Waals surface area contributed by atoms with Crippen LogP contribution in [0.2, 0.25) is 0 Å². The highest BCUT2D eigenvalue weighted by atomic mass is 16.5. The van der Waals surface area contributed by atoms with E-state index in [1.165, 1.54) is 14.2 Å². The van der Waals surface area contributed by atoms with Gasteiger partial charge in [-0.2, -0.15) is 0 Å². The molecule has 0 fully saturated rings.